The van der Waals surface area contributed by atoms with Gasteiger partial charge in [0, 0.05) is 11.9 Å². The molecule has 3 heteroatoms. The van der Waals surface area contributed by atoms with Crippen LogP contribution in [-0.2, 0) is 6.42 Å². The van der Waals surface area contributed by atoms with Gasteiger partial charge in [0.15, 0.2) is 0 Å². The fraction of sp³-hybridized carbons (Fsp3) is 0.250. The summed E-state index contributed by atoms with van der Waals surface area (Å²) < 4.78 is 0. The number of aromatic nitrogens is 3. The van der Waals surface area contributed by atoms with Gasteiger partial charge in [0.2, 0.25) is 0 Å². The van der Waals surface area contributed by atoms with E-state index >= 15 is 0 Å². The van der Waals surface area contributed by atoms with Gasteiger partial charge >= 0.3 is 0 Å². The Kier molecular flexibility index (Phi) is 4.20. The fourth-order valence-electron chi connectivity index (χ4n) is 2.50. The molecule has 0 bridgehead atoms. The van der Waals surface area contributed by atoms with Gasteiger partial charge in [0.1, 0.15) is 0 Å². The van der Waals surface area contributed by atoms with E-state index in [4.69, 9.17) is 9.97 Å². The Bertz CT molecular complexity index is 789. The van der Waals surface area contributed by atoms with E-state index in [2.05, 4.69) is 37.9 Å². The molecule has 0 N–H and O–H groups in total. The minimum atomic E-state index is 0.217. The lowest BCUT2D eigenvalue weighted by atomic mass is 9.90. The van der Waals surface area contributed by atoms with Crippen molar-refractivity contribution in [1.29, 1.82) is 0 Å². The summed E-state index contributed by atoms with van der Waals surface area (Å²) >= 11 is 0. The van der Waals surface area contributed by atoms with E-state index in [9.17, 15) is 0 Å². The van der Waals surface area contributed by atoms with Crippen LogP contribution in [-0.4, -0.2) is 15.0 Å². The second-order valence-electron chi connectivity index (χ2n) is 6.87. The normalized spacial score (nSPS) is 11.4. The molecule has 0 unspecified atom stereocenters. The second-order valence-corrected chi connectivity index (χ2v) is 6.87. The third-order valence-electron chi connectivity index (χ3n) is 3.46. The quantitative estimate of drug-likeness (QED) is 0.698. The van der Waals surface area contributed by atoms with Crippen LogP contribution < -0.4 is 0 Å². The second kappa shape index (κ2) is 6.29. The topological polar surface area (TPSA) is 38.7 Å². The van der Waals surface area contributed by atoms with Crippen molar-refractivity contribution in [2.24, 2.45) is 5.41 Å². The molecule has 3 heterocycles. The highest BCUT2D eigenvalue weighted by atomic mass is 14.8. The molecule has 0 amide bonds. The molecule has 0 saturated carbocycles. The molecule has 0 aromatic carbocycles. The van der Waals surface area contributed by atoms with Crippen molar-refractivity contribution in [3.63, 3.8) is 0 Å². The minimum Gasteiger partial charge on any atom is -0.255 e. The monoisotopic (exact) mass is 303 g/mol. The molecule has 0 aliphatic rings. The zero-order valence-electron chi connectivity index (χ0n) is 13.8. The van der Waals surface area contributed by atoms with Crippen molar-refractivity contribution in [2.45, 2.75) is 27.2 Å². The molecule has 0 radical (unpaired) electrons. The van der Waals surface area contributed by atoms with Crippen molar-refractivity contribution >= 4 is 0 Å². The van der Waals surface area contributed by atoms with Gasteiger partial charge in [-0.25, -0.2) is 4.98 Å². The van der Waals surface area contributed by atoms with Crippen LogP contribution in [0.1, 0.15) is 26.5 Å². The van der Waals surface area contributed by atoms with Gasteiger partial charge in [-0.2, -0.15) is 0 Å². The van der Waals surface area contributed by atoms with Gasteiger partial charge in [0.05, 0.1) is 22.8 Å². The molecular weight excluding hydrogens is 282 g/mol. The summed E-state index contributed by atoms with van der Waals surface area (Å²) in [6.07, 6.45) is 2.73. The lowest BCUT2D eigenvalue weighted by Gasteiger charge is -2.17. The summed E-state index contributed by atoms with van der Waals surface area (Å²) in [4.78, 5) is 13.9. The van der Waals surface area contributed by atoms with E-state index < -0.39 is 0 Å². The van der Waals surface area contributed by atoms with Crippen LogP contribution in [0.5, 0.6) is 0 Å². The van der Waals surface area contributed by atoms with Crippen molar-refractivity contribution in [3.8, 4) is 22.8 Å². The molecule has 0 spiro atoms. The highest BCUT2D eigenvalue weighted by Gasteiger charge is 2.13. The molecule has 0 saturated heterocycles. The van der Waals surface area contributed by atoms with Crippen molar-refractivity contribution in [2.75, 3.05) is 0 Å². The van der Waals surface area contributed by atoms with E-state index in [0.717, 1.165) is 34.9 Å². The Morgan fingerprint density at radius 3 is 1.96 bits per heavy atom. The van der Waals surface area contributed by atoms with Crippen molar-refractivity contribution in [1.82, 2.24) is 15.0 Å². The van der Waals surface area contributed by atoms with Crippen LogP contribution in [0.2, 0.25) is 0 Å². The van der Waals surface area contributed by atoms with Crippen LogP contribution in [0.3, 0.4) is 0 Å². The molecule has 0 atom stereocenters. The molecular formula is C20H21N3. The maximum Gasteiger partial charge on any atom is 0.0894 e. The van der Waals surface area contributed by atoms with Crippen LogP contribution in [0, 0.1) is 5.41 Å². The zero-order valence-corrected chi connectivity index (χ0v) is 13.8. The van der Waals surface area contributed by atoms with Crippen LogP contribution in [0.4, 0.5) is 0 Å². The third-order valence-corrected chi connectivity index (χ3v) is 3.46. The molecule has 0 aliphatic heterocycles. The fourth-order valence-corrected chi connectivity index (χ4v) is 2.50. The van der Waals surface area contributed by atoms with Gasteiger partial charge in [0.25, 0.3) is 0 Å². The van der Waals surface area contributed by atoms with E-state index in [-0.39, 0.29) is 5.41 Å². The highest BCUT2D eigenvalue weighted by molar-refractivity contribution is 5.61. The van der Waals surface area contributed by atoms with Gasteiger partial charge < -0.3 is 0 Å². The van der Waals surface area contributed by atoms with E-state index in [1.165, 1.54) is 0 Å². The summed E-state index contributed by atoms with van der Waals surface area (Å²) in [5.74, 6) is 0. The third kappa shape index (κ3) is 4.01. The number of pyridine rings is 3. The molecule has 116 valence electrons. The summed E-state index contributed by atoms with van der Waals surface area (Å²) in [7, 11) is 0. The Labute approximate surface area is 137 Å². The number of hydrogen-bond donors (Lipinski definition) is 0. The Hall–Kier alpha value is -2.55. The SMILES string of the molecule is CC(C)(C)Cc1cccc(-c2cccc(-c3ccccn3)n2)n1. The average Bonchev–Trinajstić information content (AvgIpc) is 2.54. The Morgan fingerprint density at radius 1 is 0.696 bits per heavy atom. The number of nitrogens with zero attached hydrogens (tertiary/aromatic N) is 3. The summed E-state index contributed by atoms with van der Waals surface area (Å²) in [5.41, 5.74) is 4.84. The molecule has 3 aromatic heterocycles. The predicted octanol–water partition coefficient (Wildman–Crippen LogP) is 4.79. The minimum absolute atomic E-state index is 0.217. The van der Waals surface area contributed by atoms with Crippen LogP contribution in [0.25, 0.3) is 22.8 Å². The lowest BCUT2D eigenvalue weighted by Crippen LogP contribution is -2.10. The largest absolute Gasteiger partial charge is 0.255 e. The number of hydrogen-bond acceptors (Lipinski definition) is 3. The van der Waals surface area contributed by atoms with Crippen molar-refractivity contribution < 1.29 is 0 Å². The van der Waals surface area contributed by atoms with E-state index in [0.29, 0.717) is 0 Å². The Balaban J connectivity index is 1.95. The summed E-state index contributed by atoms with van der Waals surface area (Å²) in [6, 6.07) is 18.0. The molecule has 0 aliphatic carbocycles. The predicted molar refractivity (Wildman–Crippen MR) is 93.9 cm³/mol. The lowest BCUT2D eigenvalue weighted by molar-refractivity contribution is 0.406. The first kappa shape index (κ1) is 15.3. The van der Waals surface area contributed by atoms with E-state index in [1.54, 1.807) is 6.20 Å². The van der Waals surface area contributed by atoms with Gasteiger partial charge in [-0.3, -0.25) is 9.97 Å². The maximum atomic E-state index is 4.78. The van der Waals surface area contributed by atoms with Gasteiger partial charge in [-0.15, -0.1) is 0 Å². The number of rotatable bonds is 3. The summed E-state index contributed by atoms with van der Waals surface area (Å²) in [5, 5.41) is 0. The average molecular weight is 303 g/mol. The maximum absolute atomic E-state index is 4.78. The first-order valence-electron chi connectivity index (χ1n) is 7.86. The molecule has 3 aromatic rings. The molecule has 3 nitrogen and oxygen atoms in total. The van der Waals surface area contributed by atoms with Gasteiger partial charge in [-0.05, 0) is 48.2 Å². The van der Waals surface area contributed by atoms with E-state index in [1.807, 2.05) is 42.5 Å². The zero-order chi connectivity index (χ0) is 16.3. The smallest absolute Gasteiger partial charge is 0.0894 e. The summed E-state index contributed by atoms with van der Waals surface area (Å²) in [6.45, 7) is 6.67. The van der Waals surface area contributed by atoms with Gasteiger partial charge in [-0.1, -0.05) is 39.0 Å². The Morgan fingerprint density at radius 2 is 1.30 bits per heavy atom. The molecule has 0 fully saturated rings. The van der Waals surface area contributed by atoms with Crippen LogP contribution >= 0.6 is 0 Å². The first-order chi connectivity index (χ1) is 11.0. The van der Waals surface area contributed by atoms with Crippen molar-refractivity contribution in [3.05, 3.63) is 66.5 Å². The highest BCUT2D eigenvalue weighted by Crippen LogP contribution is 2.23. The first-order valence-corrected chi connectivity index (χ1v) is 7.86. The van der Waals surface area contributed by atoms with Crippen LogP contribution in [0.15, 0.2) is 60.8 Å². The standard InChI is InChI=1S/C20H21N3/c1-20(2,3)14-15-8-6-10-18(22-15)19-12-7-11-17(23-19)16-9-4-5-13-21-16/h4-13H,14H2,1-3H3. The molecule has 3 rings (SSSR count). The molecule has 23 heavy (non-hydrogen) atoms.